The molecule has 4 nitrogen and oxygen atoms in total. The molecule has 0 heterocycles. The summed E-state index contributed by atoms with van der Waals surface area (Å²) in [5.74, 6) is -1.12. The first-order chi connectivity index (χ1) is 3.77. The van der Waals surface area contributed by atoms with Crippen molar-refractivity contribution in [1.29, 1.82) is 0 Å². The van der Waals surface area contributed by atoms with Crippen LogP contribution in [-0.2, 0) is 9.63 Å². The molecule has 46 valence electrons. The van der Waals surface area contributed by atoms with E-state index < -0.39 is 5.97 Å². The summed E-state index contributed by atoms with van der Waals surface area (Å²) >= 11 is 2.87. The van der Waals surface area contributed by atoms with Gasteiger partial charge in [0.1, 0.15) is 0 Å². The van der Waals surface area contributed by atoms with E-state index in [1.165, 1.54) is 0 Å². The predicted octanol–water partition coefficient (Wildman–Crippen LogP) is 0.426. The molecule has 0 spiro atoms. The number of oxime groups is 1. The lowest BCUT2D eigenvalue weighted by Crippen LogP contribution is -1.95. The van der Waals surface area contributed by atoms with Crippen molar-refractivity contribution in [2.45, 2.75) is 0 Å². The first-order valence-corrected chi connectivity index (χ1v) is 2.83. The van der Waals surface area contributed by atoms with Crippen molar-refractivity contribution < 1.29 is 14.7 Å². The number of carboxylic acid groups (broad SMARTS) is 1. The van der Waals surface area contributed by atoms with Crippen molar-refractivity contribution in [3.63, 3.8) is 0 Å². The molecule has 0 atom stereocenters. The Balaban J connectivity index is 3.20. The predicted molar refractivity (Wildman–Crippen MR) is 31.0 cm³/mol. The van der Waals surface area contributed by atoms with Crippen LogP contribution in [0, 0.1) is 0 Å². The maximum absolute atomic E-state index is 9.63. The second-order valence-electron chi connectivity index (χ2n) is 0.811. The topological polar surface area (TPSA) is 58.9 Å². The molecule has 1 N–H and O–H groups in total. The van der Waals surface area contributed by atoms with E-state index in [4.69, 9.17) is 5.11 Å². The average Bonchev–Trinajstić information content (AvgIpc) is 1.66. The van der Waals surface area contributed by atoms with Crippen LogP contribution in [0.5, 0.6) is 0 Å². The Hall–Kier alpha value is -0.580. The molecule has 0 bridgehead atoms. The van der Waals surface area contributed by atoms with Gasteiger partial charge in [-0.25, -0.2) is 4.79 Å². The first kappa shape index (κ1) is 7.42. The maximum atomic E-state index is 9.63. The van der Waals surface area contributed by atoms with Crippen molar-refractivity contribution in [1.82, 2.24) is 0 Å². The van der Waals surface area contributed by atoms with Gasteiger partial charge in [0.05, 0.1) is 0 Å². The summed E-state index contributed by atoms with van der Waals surface area (Å²) in [4.78, 5) is 13.9. The molecule has 8 heavy (non-hydrogen) atoms. The molecule has 0 radical (unpaired) electrons. The minimum absolute atomic E-state index is 0.205. The highest BCUT2D eigenvalue weighted by molar-refractivity contribution is 9.09. The Labute approximate surface area is 54.3 Å². The summed E-state index contributed by atoms with van der Waals surface area (Å²) in [6.45, 7) is 0. The Morgan fingerprint density at radius 3 is 3.00 bits per heavy atom. The zero-order chi connectivity index (χ0) is 6.41. The van der Waals surface area contributed by atoms with Gasteiger partial charge in [-0.1, -0.05) is 5.16 Å². The summed E-state index contributed by atoms with van der Waals surface area (Å²) in [5.41, 5.74) is 0.205. The highest BCUT2D eigenvalue weighted by atomic mass is 79.9. The normalized spacial score (nSPS) is 9.62. The van der Waals surface area contributed by atoms with E-state index in [-0.39, 0.29) is 5.52 Å². The Bertz CT molecular complexity index is 103. The lowest BCUT2D eigenvalue weighted by atomic mass is 10.8. The van der Waals surface area contributed by atoms with Gasteiger partial charge in [-0.3, -0.25) is 0 Å². The molecular formula is C3H4BrNO3. The zero-order valence-electron chi connectivity index (χ0n) is 3.87. The van der Waals surface area contributed by atoms with E-state index in [9.17, 15) is 4.79 Å². The number of hydrogen-bond acceptors (Lipinski definition) is 3. The van der Waals surface area contributed by atoms with Gasteiger partial charge in [0, 0.05) is 0 Å². The van der Waals surface area contributed by atoms with E-state index >= 15 is 0 Å². The fourth-order valence-corrected chi connectivity index (χ4v) is 0.229. The number of hydrogen-bond donors (Lipinski definition) is 1. The molecule has 0 aliphatic rings. The highest BCUT2D eigenvalue weighted by Gasteiger charge is 1.83. The number of rotatable bonds is 3. The molecule has 0 aromatic rings. The van der Waals surface area contributed by atoms with Gasteiger partial charge in [0.25, 0.3) is 0 Å². The van der Waals surface area contributed by atoms with Crippen molar-refractivity contribution in [2.24, 2.45) is 5.16 Å². The minimum Gasteiger partial charge on any atom is -0.477 e. The first-order valence-electron chi connectivity index (χ1n) is 1.71. The van der Waals surface area contributed by atoms with Crippen LogP contribution in [0.1, 0.15) is 0 Å². The summed E-state index contributed by atoms with van der Waals surface area (Å²) in [6.07, 6.45) is 0.668. The minimum atomic E-state index is -1.12. The van der Waals surface area contributed by atoms with Crippen molar-refractivity contribution in [3.05, 3.63) is 0 Å². The second kappa shape index (κ2) is 4.58. The third-order valence-corrected chi connectivity index (χ3v) is 0.491. The molecular weight excluding hydrogens is 178 g/mol. The van der Waals surface area contributed by atoms with E-state index in [1.807, 2.05) is 0 Å². The molecule has 0 saturated carbocycles. The number of nitrogens with zero attached hydrogens (tertiary/aromatic N) is 1. The quantitative estimate of drug-likeness (QED) is 0.391. The van der Waals surface area contributed by atoms with Crippen molar-refractivity contribution in [2.75, 3.05) is 5.52 Å². The number of halogens is 1. The van der Waals surface area contributed by atoms with Gasteiger partial charge in [-0.05, 0) is 15.9 Å². The lowest BCUT2D eigenvalue weighted by Gasteiger charge is -1.84. The van der Waals surface area contributed by atoms with Crippen molar-refractivity contribution in [3.8, 4) is 0 Å². The largest absolute Gasteiger partial charge is 0.477 e. The third-order valence-electron chi connectivity index (χ3n) is 0.286. The fourth-order valence-electron chi connectivity index (χ4n) is 0.111. The van der Waals surface area contributed by atoms with Crippen LogP contribution in [0.15, 0.2) is 5.16 Å². The van der Waals surface area contributed by atoms with Crippen LogP contribution in [-0.4, -0.2) is 22.8 Å². The standard InChI is InChI=1S/C3H4BrNO3/c4-2-8-5-1-3(6)7/h1H,2H2,(H,6,7)/b5-1-. The van der Waals surface area contributed by atoms with Crippen molar-refractivity contribution >= 4 is 28.1 Å². The molecule has 0 unspecified atom stereocenters. The highest BCUT2D eigenvalue weighted by Crippen LogP contribution is 1.80. The Kier molecular flexibility index (Phi) is 4.24. The third kappa shape index (κ3) is 5.42. The average molecular weight is 182 g/mol. The Morgan fingerprint density at radius 1 is 2.00 bits per heavy atom. The van der Waals surface area contributed by atoms with Crippen LogP contribution in [0.3, 0.4) is 0 Å². The van der Waals surface area contributed by atoms with Crippen LogP contribution in [0.25, 0.3) is 0 Å². The van der Waals surface area contributed by atoms with Gasteiger partial charge in [-0.2, -0.15) is 0 Å². The summed E-state index contributed by atoms with van der Waals surface area (Å²) in [5, 5.41) is 10.9. The molecule has 0 aliphatic heterocycles. The van der Waals surface area contributed by atoms with Crippen LogP contribution in [0.2, 0.25) is 0 Å². The molecule has 0 fully saturated rings. The number of aliphatic carboxylic acids is 1. The monoisotopic (exact) mass is 181 g/mol. The smallest absolute Gasteiger partial charge is 0.350 e. The van der Waals surface area contributed by atoms with Crippen LogP contribution >= 0.6 is 15.9 Å². The van der Waals surface area contributed by atoms with E-state index in [0.29, 0.717) is 6.21 Å². The lowest BCUT2D eigenvalue weighted by molar-refractivity contribution is -0.129. The second-order valence-corrected chi connectivity index (χ2v) is 1.27. The van der Waals surface area contributed by atoms with Gasteiger partial charge in [0.15, 0.2) is 11.7 Å². The molecule has 0 rings (SSSR count). The summed E-state index contributed by atoms with van der Waals surface area (Å²) in [7, 11) is 0. The van der Waals surface area contributed by atoms with Gasteiger partial charge < -0.3 is 9.94 Å². The zero-order valence-corrected chi connectivity index (χ0v) is 5.46. The number of alkyl halides is 1. The van der Waals surface area contributed by atoms with Gasteiger partial charge in [-0.15, -0.1) is 0 Å². The van der Waals surface area contributed by atoms with E-state index in [0.717, 1.165) is 0 Å². The number of carbonyl (C=O) groups is 1. The maximum Gasteiger partial charge on any atom is 0.350 e. The molecule has 0 aliphatic carbocycles. The van der Waals surface area contributed by atoms with E-state index in [2.05, 4.69) is 25.9 Å². The molecule has 0 aromatic heterocycles. The Morgan fingerprint density at radius 2 is 2.62 bits per heavy atom. The van der Waals surface area contributed by atoms with Gasteiger partial charge in [0.2, 0.25) is 0 Å². The number of carboxylic acids is 1. The fraction of sp³-hybridized carbons (Fsp3) is 0.333. The van der Waals surface area contributed by atoms with E-state index in [1.54, 1.807) is 0 Å². The molecule has 0 saturated heterocycles. The van der Waals surface area contributed by atoms with Crippen LogP contribution in [0.4, 0.5) is 0 Å². The molecule has 0 aromatic carbocycles. The van der Waals surface area contributed by atoms with Crippen LogP contribution < -0.4 is 0 Å². The van der Waals surface area contributed by atoms with Gasteiger partial charge >= 0.3 is 5.97 Å². The summed E-state index contributed by atoms with van der Waals surface area (Å²) < 4.78 is 0. The summed E-state index contributed by atoms with van der Waals surface area (Å²) in [6, 6.07) is 0. The SMILES string of the molecule is O=C(O)/C=N\OCBr. The molecule has 0 amide bonds. The molecule has 5 heteroatoms.